The Morgan fingerprint density at radius 1 is 0.281 bits per heavy atom. The smallest absolute Gasteiger partial charge is 0.164 e. The Morgan fingerprint density at radius 2 is 0.672 bits per heavy atom. The van der Waals surface area contributed by atoms with Crippen molar-refractivity contribution in [2.75, 3.05) is 0 Å². The average Bonchev–Trinajstić information content (AvgIpc) is 3.39. The fraction of sp³-hybridized carbons (Fsp3) is 0. The van der Waals surface area contributed by atoms with Crippen LogP contribution in [0.4, 0.5) is 0 Å². The number of benzene rings is 8. The minimum atomic E-state index is 0.514. The molecule has 0 radical (unpaired) electrons. The molecule has 0 bridgehead atoms. The minimum Gasteiger partial charge on any atom is -0.208 e. The molecule has 0 saturated carbocycles. The van der Waals surface area contributed by atoms with Crippen LogP contribution in [0.25, 0.3) is 102 Å². The van der Waals surface area contributed by atoms with E-state index in [9.17, 15) is 5.26 Å². The summed E-state index contributed by atoms with van der Waals surface area (Å²) in [5.74, 6) is 5.98. The molecule has 10 rings (SSSR count). The SMILES string of the molecule is C#Cc1ccc(-c2cccc(-c3nc(-c4ccccc4)nc(-c4cccc(-c5cc(C#N)ccc5-c5ccccc5-c5nc(-c6ccccc6)nc(-c6ccccc6)n5)c4)n3)c2)cc1. The van der Waals surface area contributed by atoms with Crippen LogP contribution in [-0.4, -0.2) is 29.9 Å². The van der Waals surface area contributed by atoms with Crippen molar-refractivity contribution in [3.63, 3.8) is 0 Å². The summed E-state index contributed by atoms with van der Waals surface area (Å²) in [5.41, 5.74) is 12.1. The van der Waals surface area contributed by atoms with Crippen LogP contribution < -0.4 is 0 Å². The van der Waals surface area contributed by atoms with Gasteiger partial charge in [-0.25, -0.2) is 29.9 Å². The summed E-state index contributed by atoms with van der Waals surface area (Å²) in [5, 5.41) is 10.2. The molecule has 10 aromatic rings. The van der Waals surface area contributed by atoms with E-state index < -0.39 is 0 Å². The molecule has 0 fully saturated rings. The molecule has 0 amide bonds. The van der Waals surface area contributed by atoms with E-state index in [1.807, 2.05) is 182 Å². The maximum absolute atomic E-state index is 10.2. The lowest BCUT2D eigenvalue weighted by molar-refractivity contribution is 1.07. The molecule has 0 atom stereocenters. The number of aromatic nitrogens is 6. The number of nitriles is 1. The summed E-state index contributed by atoms with van der Waals surface area (Å²) < 4.78 is 0. The van der Waals surface area contributed by atoms with Gasteiger partial charge in [-0.15, -0.1) is 6.42 Å². The Kier molecular flexibility index (Phi) is 10.6. The van der Waals surface area contributed by atoms with Gasteiger partial charge in [0.1, 0.15) is 0 Å². The zero-order chi connectivity index (χ0) is 43.2. The van der Waals surface area contributed by atoms with E-state index in [0.717, 1.165) is 72.3 Å². The van der Waals surface area contributed by atoms with Gasteiger partial charge in [0.25, 0.3) is 0 Å². The largest absolute Gasteiger partial charge is 0.208 e. The molecule has 0 aliphatic rings. The van der Waals surface area contributed by atoms with Gasteiger partial charge >= 0.3 is 0 Å². The normalized spacial score (nSPS) is 10.8. The highest BCUT2D eigenvalue weighted by atomic mass is 15.0. The fourth-order valence-corrected chi connectivity index (χ4v) is 7.70. The van der Waals surface area contributed by atoms with E-state index in [-0.39, 0.29) is 0 Å². The van der Waals surface area contributed by atoms with Crippen molar-refractivity contribution in [2.24, 2.45) is 0 Å². The van der Waals surface area contributed by atoms with Gasteiger partial charge < -0.3 is 0 Å². The van der Waals surface area contributed by atoms with Crippen molar-refractivity contribution in [1.29, 1.82) is 5.26 Å². The zero-order valence-corrected chi connectivity index (χ0v) is 34.3. The van der Waals surface area contributed by atoms with Gasteiger partial charge in [0.15, 0.2) is 34.9 Å². The summed E-state index contributed by atoms with van der Waals surface area (Å²) in [4.78, 5) is 30.2. The second kappa shape index (κ2) is 17.4. The third kappa shape index (κ3) is 8.04. The highest BCUT2D eigenvalue weighted by Crippen LogP contribution is 2.40. The molecule has 0 spiro atoms. The van der Waals surface area contributed by atoms with Gasteiger partial charge in [0.2, 0.25) is 0 Å². The quantitative estimate of drug-likeness (QED) is 0.134. The summed E-state index contributed by atoms with van der Waals surface area (Å²) in [6.07, 6.45) is 5.63. The van der Waals surface area contributed by atoms with E-state index in [1.165, 1.54) is 0 Å². The van der Waals surface area contributed by atoms with Crippen LogP contribution in [0.5, 0.6) is 0 Å². The molecule has 7 heteroatoms. The number of rotatable bonds is 9. The third-order valence-corrected chi connectivity index (χ3v) is 10.9. The van der Waals surface area contributed by atoms with Crippen molar-refractivity contribution in [2.45, 2.75) is 0 Å². The van der Waals surface area contributed by atoms with Crippen LogP contribution in [-0.2, 0) is 0 Å². The number of hydrogen-bond acceptors (Lipinski definition) is 7. The Labute approximate surface area is 371 Å². The lowest BCUT2D eigenvalue weighted by Gasteiger charge is -2.16. The average molecular weight is 818 g/mol. The molecule has 0 aliphatic heterocycles. The van der Waals surface area contributed by atoms with Crippen LogP contribution in [0.3, 0.4) is 0 Å². The van der Waals surface area contributed by atoms with Crippen LogP contribution in [0.1, 0.15) is 11.1 Å². The first-order valence-electron chi connectivity index (χ1n) is 20.7. The molecular weight excluding hydrogens is 783 g/mol. The van der Waals surface area contributed by atoms with Crippen LogP contribution in [0.2, 0.25) is 0 Å². The van der Waals surface area contributed by atoms with Crippen molar-refractivity contribution in [3.8, 4) is 120 Å². The molecule has 0 unspecified atom stereocenters. The third-order valence-electron chi connectivity index (χ3n) is 10.9. The van der Waals surface area contributed by atoms with E-state index in [1.54, 1.807) is 0 Å². The zero-order valence-electron chi connectivity index (χ0n) is 34.3. The molecule has 64 heavy (non-hydrogen) atoms. The number of nitrogens with zero attached hydrogens (tertiary/aromatic N) is 7. The van der Waals surface area contributed by atoms with Gasteiger partial charge in [-0.1, -0.05) is 176 Å². The van der Waals surface area contributed by atoms with Crippen molar-refractivity contribution in [1.82, 2.24) is 29.9 Å². The molecule has 2 heterocycles. The van der Waals surface area contributed by atoms with E-state index in [0.29, 0.717) is 40.5 Å². The first-order chi connectivity index (χ1) is 31.6. The highest BCUT2D eigenvalue weighted by Gasteiger charge is 2.20. The Morgan fingerprint density at radius 3 is 1.19 bits per heavy atom. The van der Waals surface area contributed by atoms with Crippen LogP contribution >= 0.6 is 0 Å². The van der Waals surface area contributed by atoms with Crippen LogP contribution in [0, 0.1) is 23.7 Å². The number of terminal acetylenes is 1. The fourth-order valence-electron chi connectivity index (χ4n) is 7.70. The number of hydrogen-bond donors (Lipinski definition) is 0. The molecule has 2 aromatic heterocycles. The summed E-state index contributed by atoms with van der Waals surface area (Å²) in [6, 6.07) is 70.3. The predicted octanol–water partition coefficient (Wildman–Crippen LogP) is 12.9. The molecule has 0 N–H and O–H groups in total. The summed E-state index contributed by atoms with van der Waals surface area (Å²) >= 11 is 0. The second-order valence-electron chi connectivity index (χ2n) is 15.0. The minimum absolute atomic E-state index is 0.514. The van der Waals surface area contributed by atoms with Gasteiger partial charge in [-0.3, -0.25) is 0 Å². The second-order valence-corrected chi connectivity index (χ2v) is 15.0. The highest BCUT2D eigenvalue weighted by molar-refractivity contribution is 5.92. The topological polar surface area (TPSA) is 101 Å². The van der Waals surface area contributed by atoms with Crippen molar-refractivity contribution >= 4 is 0 Å². The van der Waals surface area contributed by atoms with E-state index in [4.69, 9.17) is 36.3 Å². The van der Waals surface area contributed by atoms with E-state index in [2.05, 4.69) is 36.3 Å². The van der Waals surface area contributed by atoms with Gasteiger partial charge in [-0.2, -0.15) is 5.26 Å². The molecule has 7 nitrogen and oxygen atoms in total. The lowest BCUT2D eigenvalue weighted by Crippen LogP contribution is -2.01. The Hall–Kier alpha value is -9.17. The molecule has 0 aliphatic carbocycles. The Bertz CT molecular complexity index is 3330. The van der Waals surface area contributed by atoms with Crippen molar-refractivity contribution < 1.29 is 0 Å². The molecular formula is C57H35N7. The molecule has 298 valence electrons. The van der Waals surface area contributed by atoms with E-state index >= 15 is 0 Å². The first kappa shape index (κ1) is 39.0. The Balaban J connectivity index is 1.10. The van der Waals surface area contributed by atoms with Gasteiger partial charge in [0, 0.05) is 38.9 Å². The predicted molar refractivity (Wildman–Crippen MR) is 255 cm³/mol. The lowest BCUT2D eigenvalue weighted by atomic mass is 9.89. The maximum Gasteiger partial charge on any atom is 0.164 e. The summed E-state index contributed by atoms with van der Waals surface area (Å²) in [7, 11) is 0. The van der Waals surface area contributed by atoms with Crippen LogP contribution in [0.15, 0.2) is 206 Å². The van der Waals surface area contributed by atoms with Gasteiger partial charge in [0.05, 0.1) is 11.6 Å². The monoisotopic (exact) mass is 817 g/mol. The molecule has 0 saturated heterocycles. The maximum atomic E-state index is 10.2. The van der Waals surface area contributed by atoms with Gasteiger partial charge in [-0.05, 0) is 69.8 Å². The first-order valence-corrected chi connectivity index (χ1v) is 20.7. The molecule has 8 aromatic carbocycles. The summed E-state index contributed by atoms with van der Waals surface area (Å²) in [6.45, 7) is 0. The van der Waals surface area contributed by atoms with Crippen molar-refractivity contribution in [3.05, 3.63) is 217 Å². The standard InChI is InChI=1S/C57H35N7/c1-2-38-28-31-40(32-29-38)44-22-14-24-46(35-44)55-60-52(41-16-6-3-7-17-41)61-56(62-55)47-25-15-23-45(36-47)51-34-39(37-58)30-33-49(51)48-26-12-13-27-50(48)57-63-53(42-18-8-4-9-19-42)59-54(64-57)43-20-10-5-11-21-43/h1,3-36H.